The Bertz CT molecular complexity index is 274. The van der Waals surface area contributed by atoms with Gasteiger partial charge in [0, 0.05) is 18.8 Å². The van der Waals surface area contributed by atoms with Crippen molar-refractivity contribution in [3.63, 3.8) is 0 Å². The molecule has 1 aromatic carbocycles. The smallest absolute Gasteiger partial charge is 0.0448 e. The average Bonchev–Trinajstić information content (AvgIpc) is 2.19. The van der Waals surface area contributed by atoms with Gasteiger partial charge in [0.2, 0.25) is 0 Å². The van der Waals surface area contributed by atoms with E-state index in [0.717, 1.165) is 5.56 Å². The van der Waals surface area contributed by atoms with Gasteiger partial charge in [-0.1, -0.05) is 30.3 Å². The minimum absolute atomic E-state index is 0. The number of benzene rings is 1. The highest BCUT2D eigenvalue weighted by atomic mass is 19.0. The predicted molar refractivity (Wildman–Crippen MR) is 63.0 cm³/mol. The summed E-state index contributed by atoms with van der Waals surface area (Å²) in [5.74, 6) is 0. The Labute approximate surface area is 95.3 Å². The SMILES string of the molecule is F.NC(CCO)(CCO)Cc1ccccc1. The number of nitrogens with two attached hydrogens (primary N) is 1. The summed E-state index contributed by atoms with van der Waals surface area (Å²) in [4.78, 5) is 0. The second-order valence-electron chi connectivity index (χ2n) is 3.97. The van der Waals surface area contributed by atoms with Crippen molar-refractivity contribution in [1.29, 1.82) is 0 Å². The summed E-state index contributed by atoms with van der Waals surface area (Å²) in [6, 6.07) is 9.91. The average molecular weight is 229 g/mol. The Balaban J connectivity index is 0.00000225. The van der Waals surface area contributed by atoms with Crippen molar-refractivity contribution in [3.05, 3.63) is 35.9 Å². The molecule has 0 radical (unpaired) electrons. The molecular formula is C12H20FNO2. The van der Waals surface area contributed by atoms with Crippen molar-refractivity contribution < 1.29 is 14.9 Å². The van der Waals surface area contributed by atoms with Gasteiger partial charge in [0.15, 0.2) is 0 Å². The first-order valence-electron chi connectivity index (χ1n) is 5.25. The number of aliphatic hydroxyl groups excluding tert-OH is 2. The lowest BCUT2D eigenvalue weighted by atomic mass is 9.86. The van der Waals surface area contributed by atoms with Gasteiger partial charge in [-0.25, -0.2) is 0 Å². The van der Waals surface area contributed by atoms with Crippen LogP contribution in [0.4, 0.5) is 4.70 Å². The molecule has 3 nitrogen and oxygen atoms in total. The zero-order valence-corrected chi connectivity index (χ0v) is 9.30. The molecule has 0 aromatic heterocycles. The quantitative estimate of drug-likeness (QED) is 0.677. The van der Waals surface area contributed by atoms with Crippen molar-refractivity contribution in [2.75, 3.05) is 13.2 Å². The Morgan fingerprint density at radius 3 is 1.94 bits per heavy atom. The van der Waals surface area contributed by atoms with Gasteiger partial charge in [0.1, 0.15) is 0 Å². The minimum atomic E-state index is -0.495. The zero-order valence-electron chi connectivity index (χ0n) is 9.30. The van der Waals surface area contributed by atoms with Crippen LogP contribution in [-0.2, 0) is 6.42 Å². The van der Waals surface area contributed by atoms with Crippen molar-refractivity contribution >= 4 is 0 Å². The van der Waals surface area contributed by atoms with Crippen LogP contribution in [0.15, 0.2) is 30.3 Å². The van der Waals surface area contributed by atoms with Crippen LogP contribution in [0.2, 0.25) is 0 Å². The van der Waals surface area contributed by atoms with E-state index in [1.807, 2.05) is 30.3 Å². The Morgan fingerprint density at radius 2 is 1.50 bits per heavy atom. The molecular weight excluding hydrogens is 209 g/mol. The van der Waals surface area contributed by atoms with Gasteiger partial charge in [0.05, 0.1) is 0 Å². The van der Waals surface area contributed by atoms with Gasteiger partial charge in [-0.05, 0) is 24.8 Å². The molecule has 0 aliphatic rings. The zero-order chi connectivity index (χ0) is 11.1. The van der Waals surface area contributed by atoms with Crippen LogP contribution < -0.4 is 5.73 Å². The fraction of sp³-hybridized carbons (Fsp3) is 0.500. The molecule has 0 heterocycles. The fourth-order valence-electron chi connectivity index (χ4n) is 1.75. The third kappa shape index (κ3) is 4.70. The summed E-state index contributed by atoms with van der Waals surface area (Å²) in [5, 5.41) is 17.9. The highest BCUT2D eigenvalue weighted by molar-refractivity contribution is 5.17. The molecule has 0 bridgehead atoms. The molecule has 16 heavy (non-hydrogen) atoms. The normalized spacial score (nSPS) is 10.9. The van der Waals surface area contributed by atoms with Gasteiger partial charge < -0.3 is 15.9 Å². The third-order valence-corrected chi connectivity index (χ3v) is 2.62. The van der Waals surface area contributed by atoms with Crippen LogP contribution in [0.3, 0.4) is 0 Å². The van der Waals surface area contributed by atoms with E-state index in [4.69, 9.17) is 15.9 Å². The molecule has 0 aliphatic carbocycles. The minimum Gasteiger partial charge on any atom is -0.396 e. The van der Waals surface area contributed by atoms with E-state index in [0.29, 0.717) is 19.3 Å². The lowest BCUT2D eigenvalue weighted by Gasteiger charge is -2.28. The third-order valence-electron chi connectivity index (χ3n) is 2.62. The van der Waals surface area contributed by atoms with Crippen molar-refractivity contribution in [2.45, 2.75) is 24.8 Å². The molecule has 0 atom stereocenters. The second-order valence-corrected chi connectivity index (χ2v) is 3.97. The van der Waals surface area contributed by atoms with E-state index in [-0.39, 0.29) is 17.9 Å². The molecule has 92 valence electrons. The maximum Gasteiger partial charge on any atom is 0.0448 e. The van der Waals surface area contributed by atoms with E-state index in [2.05, 4.69) is 0 Å². The molecule has 0 unspecified atom stereocenters. The number of hydrogen-bond acceptors (Lipinski definition) is 3. The second kappa shape index (κ2) is 7.33. The topological polar surface area (TPSA) is 66.5 Å². The number of halogens is 1. The first-order chi connectivity index (χ1) is 7.20. The molecule has 0 fully saturated rings. The molecule has 0 saturated carbocycles. The number of rotatable bonds is 6. The molecule has 1 aromatic rings. The van der Waals surface area contributed by atoms with E-state index in [1.54, 1.807) is 0 Å². The largest absolute Gasteiger partial charge is 0.396 e. The van der Waals surface area contributed by atoms with E-state index < -0.39 is 5.54 Å². The fourth-order valence-corrected chi connectivity index (χ4v) is 1.75. The molecule has 4 N–H and O–H groups in total. The number of hydrogen-bond donors (Lipinski definition) is 3. The van der Waals surface area contributed by atoms with Crippen molar-refractivity contribution in [3.8, 4) is 0 Å². The first kappa shape index (κ1) is 15.0. The van der Waals surface area contributed by atoms with Crippen molar-refractivity contribution in [1.82, 2.24) is 0 Å². The monoisotopic (exact) mass is 229 g/mol. The van der Waals surface area contributed by atoms with Gasteiger partial charge in [-0.2, -0.15) is 0 Å². The van der Waals surface area contributed by atoms with E-state index in [9.17, 15) is 0 Å². The standard InChI is InChI=1S/C12H19NO2.FH/c13-12(6-8-14,7-9-15)10-11-4-2-1-3-5-11;/h1-5,14-15H,6-10,13H2;1H. The van der Waals surface area contributed by atoms with E-state index >= 15 is 0 Å². The van der Waals surface area contributed by atoms with Crippen LogP contribution in [0.1, 0.15) is 18.4 Å². The first-order valence-corrected chi connectivity index (χ1v) is 5.25. The molecule has 1 rings (SSSR count). The maximum atomic E-state index is 8.94. The van der Waals surface area contributed by atoms with Crippen LogP contribution in [0, 0.1) is 0 Å². The highest BCUT2D eigenvalue weighted by Gasteiger charge is 2.23. The summed E-state index contributed by atoms with van der Waals surface area (Å²) in [5.41, 5.74) is 6.78. The summed E-state index contributed by atoms with van der Waals surface area (Å²) >= 11 is 0. The Morgan fingerprint density at radius 1 is 1.00 bits per heavy atom. The highest BCUT2D eigenvalue weighted by Crippen LogP contribution is 2.18. The van der Waals surface area contributed by atoms with Gasteiger partial charge >= 0.3 is 0 Å². The maximum absolute atomic E-state index is 8.94. The summed E-state index contributed by atoms with van der Waals surface area (Å²) in [6.45, 7) is 0.118. The molecule has 0 saturated heterocycles. The van der Waals surface area contributed by atoms with Crippen LogP contribution >= 0.6 is 0 Å². The van der Waals surface area contributed by atoms with E-state index in [1.165, 1.54) is 0 Å². The molecule has 4 heteroatoms. The Kier molecular flexibility index (Phi) is 6.88. The number of aliphatic hydroxyl groups is 2. The van der Waals surface area contributed by atoms with Gasteiger partial charge in [0.25, 0.3) is 0 Å². The lowest BCUT2D eigenvalue weighted by Crippen LogP contribution is -2.43. The van der Waals surface area contributed by atoms with Gasteiger partial charge in [-0.3, -0.25) is 4.70 Å². The predicted octanol–water partition coefficient (Wildman–Crippen LogP) is 0.844. The van der Waals surface area contributed by atoms with Gasteiger partial charge in [-0.15, -0.1) is 0 Å². The van der Waals surface area contributed by atoms with Crippen LogP contribution in [0.25, 0.3) is 0 Å². The molecule has 0 aliphatic heterocycles. The van der Waals surface area contributed by atoms with Crippen LogP contribution in [0.5, 0.6) is 0 Å². The summed E-state index contributed by atoms with van der Waals surface area (Å²) in [6.07, 6.45) is 1.72. The van der Waals surface area contributed by atoms with Crippen molar-refractivity contribution in [2.24, 2.45) is 5.73 Å². The summed E-state index contributed by atoms with van der Waals surface area (Å²) in [7, 11) is 0. The Hall–Kier alpha value is -0.970. The summed E-state index contributed by atoms with van der Waals surface area (Å²) < 4.78 is 0. The molecule has 0 amide bonds. The molecule has 0 spiro atoms. The van der Waals surface area contributed by atoms with Crippen LogP contribution in [-0.4, -0.2) is 29.0 Å². The lowest BCUT2D eigenvalue weighted by molar-refractivity contribution is 0.192.